The number of fused-ring (bicyclic) bond motifs is 2. The van der Waals surface area contributed by atoms with Crippen LogP contribution >= 0.6 is 0 Å². The number of aryl methyl sites for hydroxylation is 2. The molecule has 0 saturated carbocycles. The van der Waals surface area contributed by atoms with E-state index in [1.54, 1.807) is 12.1 Å². The molecule has 33 heavy (non-hydrogen) atoms. The first-order valence-corrected chi connectivity index (χ1v) is 11.5. The molecule has 0 fully saturated rings. The average Bonchev–Trinajstić information content (AvgIpc) is 3.27. The van der Waals surface area contributed by atoms with E-state index in [4.69, 9.17) is 0 Å². The molecule has 0 bridgehead atoms. The Morgan fingerprint density at radius 3 is 2.70 bits per heavy atom. The normalized spacial score (nSPS) is 14.7. The summed E-state index contributed by atoms with van der Waals surface area (Å²) < 4.78 is 2.28. The molecule has 2 amide bonds. The van der Waals surface area contributed by atoms with Crippen molar-refractivity contribution in [3.63, 3.8) is 0 Å². The number of nitrogens with one attached hydrogen (secondary N) is 2. The van der Waals surface area contributed by atoms with Crippen molar-refractivity contribution in [2.24, 2.45) is 0 Å². The molecule has 1 aromatic heterocycles. The molecule has 3 heterocycles. The fourth-order valence-electron chi connectivity index (χ4n) is 4.52. The average molecular weight is 443 g/mol. The Hall–Kier alpha value is -3.74. The van der Waals surface area contributed by atoms with Crippen LogP contribution in [0.15, 0.2) is 48.7 Å². The lowest BCUT2D eigenvalue weighted by atomic mass is 9.97. The number of amides is 2. The van der Waals surface area contributed by atoms with Crippen molar-refractivity contribution in [2.45, 2.75) is 51.5 Å². The fraction of sp³-hybridized carbons (Fsp3) is 0.308. The van der Waals surface area contributed by atoms with Gasteiger partial charge in [0.1, 0.15) is 5.82 Å². The van der Waals surface area contributed by atoms with Gasteiger partial charge in [-0.25, -0.2) is 4.98 Å². The van der Waals surface area contributed by atoms with Crippen LogP contribution in [-0.4, -0.2) is 27.1 Å². The molecule has 168 valence electrons. The smallest absolute Gasteiger partial charge is 0.224 e. The standard InChI is InChI=1S/C26H26N4O3/c31-23(19-6-10-22-18(15-19)7-12-25(33)29-22)11-13-24(32)28-20-8-4-17(5-9-20)26-27-16-21-3-1-2-14-30(21)26/h4-6,8-10,15-16H,1-3,7,11-14H2,(H,28,32)(H,29,33). The van der Waals surface area contributed by atoms with Crippen molar-refractivity contribution in [1.29, 1.82) is 0 Å². The molecular weight excluding hydrogens is 416 g/mol. The monoisotopic (exact) mass is 442 g/mol. The van der Waals surface area contributed by atoms with E-state index >= 15 is 0 Å². The highest BCUT2D eigenvalue weighted by molar-refractivity contribution is 6.01. The second-order valence-corrected chi connectivity index (χ2v) is 8.65. The van der Waals surface area contributed by atoms with Gasteiger partial charge >= 0.3 is 0 Å². The van der Waals surface area contributed by atoms with Crippen LogP contribution in [0.4, 0.5) is 11.4 Å². The lowest BCUT2D eigenvalue weighted by Crippen LogP contribution is -2.19. The number of rotatable bonds is 6. The largest absolute Gasteiger partial charge is 0.328 e. The molecule has 7 heteroatoms. The zero-order chi connectivity index (χ0) is 22.8. The maximum Gasteiger partial charge on any atom is 0.224 e. The highest BCUT2D eigenvalue weighted by Crippen LogP contribution is 2.26. The number of carbonyl (C=O) groups is 3. The number of nitrogens with zero attached hydrogens (tertiary/aromatic N) is 2. The van der Waals surface area contributed by atoms with Gasteiger partial charge in [0.25, 0.3) is 0 Å². The molecule has 2 N–H and O–H groups in total. The lowest BCUT2D eigenvalue weighted by molar-refractivity contribution is -0.117. The van der Waals surface area contributed by atoms with Gasteiger partial charge in [-0.15, -0.1) is 0 Å². The van der Waals surface area contributed by atoms with Crippen LogP contribution in [0.2, 0.25) is 0 Å². The van der Waals surface area contributed by atoms with Crippen molar-refractivity contribution >= 4 is 29.0 Å². The Balaban J connectivity index is 1.16. The van der Waals surface area contributed by atoms with Crippen LogP contribution < -0.4 is 10.6 Å². The number of carbonyl (C=O) groups excluding carboxylic acids is 3. The van der Waals surface area contributed by atoms with Crippen molar-refractivity contribution in [3.8, 4) is 11.4 Å². The first-order chi connectivity index (χ1) is 16.1. The fourth-order valence-corrected chi connectivity index (χ4v) is 4.52. The minimum Gasteiger partial charge on any atom is -0.328 e. The first-order valence-electron chi connectivity index (χ1n) is 11.5. The molecule has 7 nitrogen and oxygen atoms in total. The van der Waals surface area contributed by atoms with Crippen molar-refractivity contribution < 1.29 is 14.4 Å². The molecule has 0 aliphatic carbocycles. The Morgan fingerprint density at radius 1 is 1.00 bits per heavy atom. The molecule has 0 unspecified atom stereocenters. The van der Waals surface area contributed by atoms with Crippen molar-refractivity contribution in [2.75, 3.05) is 10.6 Å². The molecule has 2 aliphatic rings. The number of Topliss-reactive ketones (excluding diaryl/α,β-unsaturated/α-hetero) is 1. The quantitative estimate of drug-likeness (QED) is 0.554. The van der Waals surface area contributed by atoms with Gasteiger partial charge in [-0.2, -0.15) is 0 Å². The zero-order valence-corrected chi connectivity index (χ0v) is 18.4. The van der Waals surface area contributed by atoms with Crippen LogP contribution in [0.3, 0.4) is 0 Å². The summed E-state index contributed by atoms with van der Waals surface area (Å²) in [5.41, 5.74) is 5.31. The molecule has 5 rings (SSSR count). The molecule has 3 aromatic rings. The van der Waals surface area contributed by atoms with E-state index < -0.39 is 0 Å². The molecule has 2 aliphatic heterocycles. The topological polar surface area (TPSA) is 93.1 Å². The zero-order valence-electron chi connectivity index (χ0n) is 18.4. The molecule has 0 saturated heterocycles. The maximum absolute atomic E-state index is 12.6. The third-order valence-corrected chi connectivity index (χ3v) is 6.33. The third kappa shape index (κ3) is 4.58. The van der Waals surface area contributed by atoms with Crippen molar-refractivity contribution in [1.82, 2.24) is 9.55 Å². The van der Waals surface area contributed by atoms with Gasteiger partial charge in [0.15, 0.2) is 5.78 Å². The number of hydrogen-bond donors (Lipinski definition) is 2. The van der Waals surface area contributed by atoms with Gasteiger partial charge < -0.3 is 15.2 Å². The number of hydrogen-bond acceptors (Lipinski definition) is 4. The van der Waals surface area contributed by atoms with Gasteiger partial charge in [0.05, 0.1) is 0 Å². The summed E-state index contributed by atoms with van der Waals surface area (Å²) in [4.78, 5) is 41.0. The number of imidazole rings is 1. The van der Waals surface area contributed by atoms with Crippen LogP contribution in [0.5, 0.6) is 0 Å². The maximum atomic E-state index is 12.6. The van der Waals surface area contributed by atoms with E-state index in [1.807, 2.05) is 36.5 Å². The number of benzene rings is 2. The van der Waals surface area contributed by atoms with Crippen LogP contribution in [0.25, 0.3) is 11.4 Å². The Labute approximate surface area is 192 Å². The van der Waals surface area contributed by atoms with Gasteiger partial charge in [-0.3, -0.25) is 14.4 Å². The summed E-state index contributed by atoms with van der Waals surface area (Å²) >= 11 is 0. The Kier molecular flexibility index (Phi) is 5.77. The first kappa shape index (κ1) is 21.1. The lowest BCUT2D eigenvalue weighted by Gasteiger charge is -2.17. The van der Waals surface area contributed by atoms with Gasteiger partial charge in [-0.1, -0.05) is 0 Å². The van der Waals surface area contributed by atoms with Gasteiger partial charge in [0.2, 0.25) is 11.8 Å². The predicted octanol–water partition coefficient (Wildman–Crippen LogP) is 4.37. The minimum absolute atomic E-state index is 0.00424. The van der Waals surface area contributed by atoms with E-state index in [9.17, 15) is 14.4 Å². The van der Waals surface area contributed by atoms with E-state index in [0.717, 1.165) is 35.6 Å². The molecule has 2 aromatic carbocycles. The van der Waals surface area contributed by atoms with Crippen molar-refractivity contribution in [3.05, 3.63) is 65.5 Å². The predicted molar refractivity (Wildman–Crippen MR) is 126 cm³/mol. The summed E-state index contributed by atoms with van der Waals surface area (Å²) in [6.45, 7) is 0.996. The highest BCUT2D eigenvalue weighted by atomic mass is 16.2. The van der Waals surface area contributed by atoms with E-state index in [0.29, 0.717) is 24.1 Å². The summed E-state index contributed by atoms with van der Waals surface area (Å²) in [7, 11) is 0. The van der Waals surface area contributed by atoms with E-state index in [-0.39, 0.29) is 30.4 Å². The molecule has 0 radical (unpaired) electrons. The van der Waals surface area contributed by atoms with E-state index in [1.165, 1.54) is 18.5 Å². The van der Waals surface area contributed by atoms with Crippen LogP contribution in [-0.2, 0) is 29.0 Å². The minimum atomic E-state index is -0.195. The molecule has 0 atom stereocenters. The number of ketones is 1. The highest BCUT2D eigenvalue weighted by Gasteiger charge is 2.18. The molecule has 0 spiro atoms. The summed E-state index contributed by atoms with van der Waals surface area (Å²) in [6, 6.07) is 13.0. The summed E-state index contributed by atoms with van der Waals surface area (Å²) in [5, 5.41) is 5.68. The number of anilines is 2. The van der Waals surface area contributed by atoms with E-state index in [2.05, 4.69) is 20.2 Å². The Bertz CT molecular complexity index is 1230. The SMILES string of the molecule is O=C(CCC(=O)c1ccc2c(c1)CCC(=O)N2)Nc1ccc(-c2ncc3n2CCCC3)cc1. The number of aromatic nitrogens is 2. The summed E-state index contributed by atoms with van der Waals surface area (Å²) in [6.07, 6.45) is 6.71. The Morgan fingerprint density at radius 2 is 1.85 bits per heavy atom. The van der Waals surface area contributed by atoms with Crippen LogP contribution in [0, 0.1) is 0 Å². The molecular formula is C26H26N4O3. The van der Waals surface area contributed by atoms with Gasteiger partial charge in [0, 0.05) is 60.2 Å². The summed E-state index contributed by atoms with van der Waals surface area (Å²) in [5.74, 6) is 0.692. The second-order valence-electron chi connectivity index (χ2n) is 8.65. The third-order valence-electron chi connectivity index (χ3n) is 6.33. The second kappa shape index (κ2) is 9.02. The van der Waals surface area contributed by atoms with Gasteiger partial charge in [-0.05, 0) is 73.7 Å². The van der Waals surface area contributed by atoms with Crippen LogP contribution in [0.1, 0.15) is 53.7 Å².